The molecule has 0 unspecified atom stereocenters. The highest BCUT2D eigenvalue weighted by Crippen LogP contribution is 2.34. The molecule has 0 amide bonds. The molecule has 1 aliphatic heterocycles. The van der Waals surface area contributed by atoms with Crippen molar-refractivity contribution in [3.63, 3.8) is 0 Å². The van der Waals surface area contributed by atoms with Gasteiger partial charge < -0.3 is 0 Å². The molecule has 0 radical (unpaired) electrons. The predicted octanol–water partition coefficient (Wildman–Crippen LogP) is 4.92. The van der Waals surface area contributed by atoms with Gasteiger partial charge in [0.05, 0.1) is 0 Å². The average Bonchev–Trinajstić information content (AvgIpc) is 3.80. The molecule has 6 aromatic rings. The third-order valence-corrected chi connectivity index (χ3v) is 9.00. The van der Waals surface area contributed by atoms with Crippen LogP contribution in [0.3, 0.4) is 0 Å². The molecular formula is C36H36F2N10. The molecular weight excluding hydrogens is 610 g/mol. The van der Waals surface area contributed by atoms with Gasteiger partial charge in [0.25, 0.3) is 0 Å². The van der Waals surface area contributed by atoms with Crippen LogP contribution in [0.1, 0.15) is 46.0 Å². The minimum atomic E-state index is -0.512. The van der Waals surface area contributed by atoms with Crippen molar-refractivity contribution in [1.82, 2.24) is 50.2 Å². The van der Waals surface area contributed by atoms with Crippen LogP contribution in [-0.4, -0.2) is 76.4 Å². The van der Waals surface area contributed by atoms with Crippen molar-refractivity contribution < 1.29 is 8.78 Å². The number of aromatic nitrogens is 8. The first-order chi connectivity index (χ1) is 23.7. The Bertz CT molecular complexity index is 1770. The molecule has 1 fully saturated rings. The maximum atomic E-state index is 15.5. The van der Waals surface area contributed by atoms with Crippen LogP contribution in [0.2, 0.25) is 0 Å². The van der Waals surface area contributed by atoms with Crippen molar-refractivity contribution in [3.05, 3.63) is 155 Å². The van der Waals surface area contributed by atoms with Gasteiger partial charge in [0.1, 0.15) is 23.7 Å². The molecule has 3 heterocycles. The third-order valence-electron chi connectivity index (χ3n) is 9.00. The van der Waals surface area contributed by atoms with Crippen molar-refractivity contribution in [2.75, 3.05) is 26.2 Å². The van der Waals surface area contributed by atoms with Crippen molar-refractivity contribution in [1.29, 1.82) is 0 Å². The number of piperazine rings is 1. The van der Waals surface area contributed by atoms with Crippen LogP contribution < -0.4 is 0 Å². The summed E-state index contributed by atoms with van der Waals surface area (Å²) in [4.78, 5) is 4.41. The zero-order chi connectivity index (χ0) is 32.7. The van der Waals surface area contributed by atoms with Crippen molar-refractivity contribution in [2.24, 2.45) is 0 Å². The minimum absolute atomic E-state index is 0.315. The Morgan fingerprint density at radius 1 is 0.500 bits per heavy atom. The topological polar surface area (TPSA) is 93.7 Å². The fraction of sp³-hybridized carbons (Fsp3) is 0.278. The lowest BCUT2D eigenvalue weighted by Gasteiger charge is -2.41. The highest BCUT2D eigenvalue weighted by molar-refractivity contribution is 5.29. The lowest BCUT2D eigenvalue weighted by Crippen LogP contribution is -2.50. The van der Waals surface area contributed by atoms with E-state index in [4.69, 9.17) is 0 Å². The molecule has 0 aliphatic carbocycles. The van der Waals surface area contributed by atoms with E-state index in [0.717, 1.165) is 12.8 Å². The van der Waals surface area contributed by atoms with Gasteiger partial charge in [-0.25, -0.2) is 18.1 Å². The van der Waals surface area contributed by atoms with Crippen LogP contribution in [0.25, 0.3) is 0 Å². The summed E-state index contributed by atoms with van der Waals surface area (Å²) in [5.74, 6) is 0.536. The maximum absolute atomic E-state index is 15.5. The van der Waals surface area contributed by atoms with Crippen molar-refractivity contribution in [2.45, 2.75) is 38.0 Å². The predicted molar refractivity (Wildman–Crippen MR) is 176 cm³/mol. The zero-order valence-electron chi connectivity index (χ0n) is 26.4. The van der Waals surface area contributed by atoms with Gasteiger partial charge in [0, 0.05) is 50.4 Å². The summed E-state index contributed by atoms with van der Waals surface area (Å²) in [5, 5.41) is 25.5. The van der Waals surface area contributed by atoms with Crippen LogP contribution in [0.15, 0.2) is 109 Å². The Balaban J connectivity index is 1.15. The SMILES string of the molecule is Fc1ccccc1[C@H](c1nnnn1CCc1ccccc1)N1CCN([C@H](c2ccccc2F)c2nnnn2CCc2ccccc2)CC1. The largest absolute Gasteiger partial charge is 0.287 e. The summed E-state index contributed by atoms with van der Waals surface area (Å²) in [6, 6.07) is 32.9. The molecule has 1 saturated heterocycles. The molecule has 0 spiro atoms. The van der Waals surface area contributed by atoms with Gasteiger partial charge in [-0.05, 0) is 57.0 Å². The first-order valence-electron chi connectivity index (χ1n) is 16.2. The number of nitrogens with zero attached hydrogens (tertiary/aromatic N) is 10. The highest BCUT2D eigenvalue weighted by atomic mass is 19.1. The number of halogens is 2. The van der Waals surface area contributed by atoms with E-state index in [-0.39, 0.29) is 11.6 Å². The van der Waals surface area contributed by atoms with E-state index in [1.54, 1.807) is 33.6 Å². The summed E-state index contributed by atoms with van der Waals surface area (Å²) < 4.78 is 34.5. The highest BCUT2D eigenvalue weighted by Gasteiger charge is 2.36. The lowest BCUT2D eigenvalue weighted by molar-refractivity contribution is 0.0802. The first kappa shape index (κ1) is 31.4. The molecule has 2 atom stereocenters. The van der Waals surface area contributed by atoms with Crippen LogP contribution >= 0.6 is 0 Å². The molecule has 0 N–H and O–H groups in total. The monoisotopic (exact) mass is 646 g/mol. The van der Waals surface area contributed by atoms with E-state index < -0.39 is 12.1 Å². The molecule has 4 aromatic carbocycles. The molecule has 1 aliphatic rings. The standard InChI is InChI=1S/C36H36F2N10/c37-31-17-9-7-15-29(31)33(35-39-41-43-47(35)21-19-27-11-3-1-4-12-27)45-23-25-46(26-24-45)34(30-16-8-10-18-32(30)38)36-40-42-44-48(36)22-20-28-13-5-2-6-14-28/h1-18,33-34H,19-26H2/t33-,34-/m1/s1. The molecule has 0 saturated carbocycles. The molecule has 48 heavy (non-hydrogen) atoms. The smallest absolute Gasteiger partial charge is 0.173 e. The number of hydrogen-bond acceptors (Lipinski definition) is 8. The van der Waals surface area contributed by atoms with Gasteiger partial charge in [-0.15, -0.1) is 10.2 Å². The second-order valence-corrected chi connectivity index (χ2v) is 11.9. The van der Waals surface area contributed by atoms with Gasteiger partial charge in [-0.1, -0.05) is 97.1 Å². The fourth-order valence-electron chi connectivity index (χ4n) is 6.54. The van der Waals surface area contributed by atoms with Crippen LogP contribution in [-0.2, 0) is 25.9 Å². The second-order valence-electron chi connectivity index (χ2n) is 11.9. The molecule has 12 heteroatoms. The van der Waals surface area contributed by atoms with Crippen LogP contribution in [0.5, 0.6) is 0 Å². The van der Waals surface area contributed by atoms with Crippen molar-refractivity contribution in [3.8, 4) is 0 Å². The van der Waals surface area contributed by atoms with E-state index >= 15 is 8.78 Å². The Morgan fingerprint density at radius 2 is 0.875 bits per heavy atom. The molecule has 2 aromatic heterocycles. The summed E-state index contributed by atoms with van der Waals surface area (Å²) >= 11 is 0. The first-order valence-corrected chi connectivity index (χ1v) is 16.2. The van der Waals surface area contributed by atoms with E-state index in [2.05, 4.69) is 65.1 Å². The van der Waals surface area contributed by atoms with Crippen LogP contribution in [0.4, 0.5) is 8.78 Å². The van der Waals surface area contributed by atoms with E-state index in [0.29, 0.717) is 62.0 Å². The van der Waals surface area contributed by atoms with Gasteiger partial charge in [-0.2, -0.15) is 0 Å². The van der Waals surface area contributed by atoms with E-state index in [1.165, 1.54) is 23.3 Å². The van der Waals surface area contributed by atoms with E-state index in [1.807, 2.05) is 48.5 Å². The quantitative estimate of drug-likeness (QED) is 0.185. The normalized spacial score (nSPS) is 15.4. The average molecular weight is 647 g/mol. The number of rotatable bonds is 12. The van der Waals surface area contributed by atoms with Crippen LogP contribution in [0, 0.1) is 11.6 Å². The fourth-order valence-corrected chi connectivity index (χ4v) is 6.54. The van der Waals surface area contributed by atoms with Gasteiger partial charge in [0.2, 0.25) is 0 Å². The Morgan fingerprint density at radius 3 is 1.27 bits per heavy atom. The molecule has 10 nitrogen and oxygen atoms in total. The third kappa shape index (κ3) is 6.90. The maximum Gasteiger partial charge on any atom is 0.173 e. The van der Waals surface area contributed by atoms with Gasteiger partial charge in [0.15, 0.2) is 11.6 Å². The molecule has 7 rings (SSSR count). The number of benzene rings is 4. The zero-order valence-corrected chi connectivity index (χ0v) is 26.4. The number of tetrazole rings is 2. The Hall–Kier alpha value is -5.20. The second kappa shape index (κ2) is 14.7. The number of aryl methyl sites for hydroxylation is 4. The van der Waals surface area contributed by atoms with Gasteiger partial charge in [-0.3, -0.25) is 9.80 Å². The summed E-state index contributed by atoms with van der Waals surface area (Å²) in [6.45, 7) is 3.33. The summed E-state index contributed by atoms with van der Waals surface area (Å²) in [6.07, 6.45) is 1.47. The van der Waals surface area contributed by atoms with Crippen molar-refractivity contribution >= 4 is 0 Å². The molecule has 244 valence electrons. The Kier molecular flexibility index (Phi) is 9.62. The minimum Gasteiger partial charge on any atom is -0.287 e. The van der Waals surface area contributed by atoms with E-state index in [9.17, 15) is 0 Å². The Labute approximate surface area is 277 Å². The summed E-state index contributed by atoms with van der Waals surface area (Å²) in [7, 11) is 0. The summed E-state index contributed by atoms with van der Waals surface area (Å²) in [5.41, 5.74) is 3.36. The van der Waals surface area contributed by atoms with Gasteiger partial charge >= 0.3 is 0 Å². The molecule has 0 bridgehead atoms. The lowest BCUT2D eigenvalue weighted by atomic mass is 10.00. The number of hydrogen-bond donors (Lipinski definition) is 0.